The highest BCUT2D eigenvalue weighted by atomic mass is 16.5. The van der Waals surface area contributed by atoms with Crippen LogP contribution in [0, 0.1) is 0 Å². The summed E-state index contributed by atoms with van der Waals surface area (Å²) in [5.74, 6) is 0. The number of piperidine rings is 1. The van der Waals surface area contributed by atoms with Crippen LogP contribution >= 0.6 is 0 Å². The van der Waals surface area contributed by atoms with Gasteiger partial charge in [-0.05, 0) is 32.4 Å². The lowest BCUT2D eigenvalue weighted by atomic mass is 9.99. The highest BCUT2D eigenvalue weighted by Gasteiger charge is 2.20. The number of nitrogens with zero attached hydrogens (tertiary/aromatic N) is 1. The summed E-state index contributed by atoms with van der Waals surface area (Å²) >= 11 is 0. The zero-order chi connectivity index (χ0) is 9.52. The molecule has 78 valence electrons. The quantitative estimate of drug-likeness (QED) is 0.691. The monoisotopic (exact) mass is 186 g/mol. The fourth-order valence-corrected chi connectivity index (χ4v) is 2.08. The van der Waals surface area contributed by atoms with Gasteiger partial charge in [0.25, 0.3) is 0 Å². The fourth-order valence-electron chi connectivity index (χ4n) is 2.08. The van der Waals surface area contributed by atoms with E-state index in [4.69, 9.17) is 10.5 Å². The number of nitrogens with two attached hydrogens (primary N) is 1. The van der Waals surface area contributed by atoms with Crippen molar-refractivity contribution in [3.05, 3.63) is 0 Å². The van der Waals surface area contributed by atoms with Crippen LogP contribution in [-0.4, -0.2) is 44.3 Å². The molecule has 1 unspecified atom stereocenters. The van der Waals surface area contributed by atoms with Crippen molar-refractivity contribution >= 4 is 0 Å². The van der Waals surface area contributed by atoms with Crippen LogP contribution in [0.1, 0.15) is 25.7 Å². The lowest BCUT2D eigenvalue weighted by molar-refractivity contribution is 0.0931. The normalized spacial score (nSPS) is 24.9. The van der Waals surface area contributed by atoms with Gasteiger partial charge in [0.15, 0.2) is 0 Å². The molecule has 1 saturated heterocycles. The molecule has 2 N–H and O–H groups in total. The van der Waals surface area contributed by atoms with E-state index in [1.165, 1.54) is 25.8 Å². The first-order valence-electron chi connectivity index (χ1n) is 5.31. The molecule has 0 radical (unpaired) electrons. The maximum Gasteiger partial charge on any atom is 0.0589 e. The molecule has 0 amide bonds. The van der Waals surface area contributed by atoms with E-state index in [2.05, 4.69) is 4.90 Å². The van der Waals surface area contributed by atoms with Gasteiger partial charge in [-0.1, -0.05) is 6.42 Å². The van der Waals surface area contributed by atoms with E-state index in [-0.39, 0.29) is 0 Å². The Labute approximate surface area is 81.2 Å². The van der Waals surface area contributed by atoms with Gasteiger partial charge in [-0.15, -0.1) is 0 Å². The summed E-state index contributed by atoms with van der Waals surface area (Å²) in [5.41, 5.74) is 5.59. The molecule has 3 heteroatoms. The third kappa shape index (κ3) is 3.63. The Hall–Kier alpha value is -0.120. The summed E-state index contributed by atoms with van der Waals surface area (Å²) in [7, 11) is 1.77. The first-order chi connectivity index (χ1) is 6.38. The van der Waals surface area contributed by atoms with E-state index in [9.17, 15) is 0 Å². The molecule has 1 fully saturated rings. The standard InChI is InChI=1S/C10H22N2O/c1-13-9-8-12-7-3-2-4-10(12)5-6-11/h10H,2-9,11H2,1H3. The first kappa shape index (κ1) is 11.0. The molecule has 1 aliphatic heterocycles. The topological polar surface area (TPSA) is 38.5 Å². The summed E-state index contributed by atoms with van der Waals surface area (Å²) in [6, 6.07) is 0.717. The lowest BCUT2D eigenvalue weighted by Crippen LogP contribution is -2.42. The molecule has 0 bridgehead atoms. The molecule has 1 rings (SSSR count). The number of rotatable bonds is 5. The number of ether oxygens (including phenoxy) is 1. The van der Waals surface area contributed by atoms with Crippen LogP contribution in [0.15, 0.2) is 0 Å². The highest BCUT2D eigenvalue weighted by molar-refractivity contribution is 4.76. The highest BCUT2D eigenvalue weighted by Crippen LogP contribution is 2.18. The molecular formula is C10H22N2O. The van der Waals surface area contributed by atoms with Gasteiger partial charge in [0.1, 0.15) is 0 Å². The Morgan fingerprint density at radius 2 is 2.31 bits per heavy atom. The van der Waals surface area contributed by atoms with E-state index in [0.29, 0.717) is 6.04 Å². The number of hydrogen-bond acceptors (Lipinski definition) is 3. The number of hydrogen-bond donors (Lipinski definition) is 1. The Morgan fingerprint density at radius 3 is 3.00 bits per heavy atom. The second-order valence-corrected chi connectivity index (χ2v) is 3.76. The molecular weight excluding hydrogens is 164 g/mol. The van der Waals surface area contributed by atoms with Gasteiger partial charge >= 0.3 is 0 Å². The summed E-state index contributed by atoms with van der Waals surface area (Å²) in [6.07, 6.45) is 5.17. The maximum absolute atomic E-state index is 5.59. The average Bonchev–Trinajstić information content (AvgIpc) is 2.17. The van der Waals surface area contributed by atoms with Crippen molar-refractivity contribution in [1.29, 1.82) is 0 Å². The van der Waals surface area contributed by atoms with Gasteiger partial charge in [-0.25, -0.2) is 0 Å². The van der Waals surface area contributed by atoms with E-state index in [1.807, 2.05) is 0 Å². The van der Waals surface area contributed by atoms with Crippen molar-refractivity contribution < 1.29 is 4.74 Å². The van der Waals surface area contributed by atoms with Gasteiger partial charge < -0.3 is 10.5 Å². The first-order valence-corrected chi connectivity index (χ1v) is 5.31. The zero-order valence-electron chi connectivity index (χ0n) is 8.67. The van der Waals surface area contributed by atoms with Gasteiger partial charge in [0.2, 0.25) is 0 Å². The van der Waals surface area contributed by atoms with Gasteiger partial charge in [-0.2, -0.15) is 0 Å². The molecule has 0 aliphatic carbocycles. The summed E-state index contributed by atoms with van der Waals surface area (Å²) < 4.78 is 5.10. The molecule has 1 atom stereocenters. The molecule has 1 aliphatic rings. The molecule has 0 spiro atoms. The van der Waals surface area contributed by atoms with Crippen molar-refractivity contribution in [1.82, 2.24) is 4.90 Å². The predicted molar refractivity (Wildman–Crippen MR) is 54.8 cm³/mol. The SMILES string of the molecule is COCCN1CCCCC1CCN. The molecule has 0 aromatic carbocycles. The molecule has 13 heavy (non-hydrogen) atoms. The Bertz CT molecular complexity index is 128. The van der Waals surface area contributed by atoms with Crippen LogP contribution in [0.25, 0.3) is 0 Å². The van der Waals surface area contributed by atoms with E-state index in [1.54, 1.807) is 7.11 Å². The molecule has 0 aromatic heterocycles. The van der Waals surface area contributed by atoms with Crippen molar-refractivity contribution in [3.8, 4) is 0 Å². The maximum atomic E-state index is 5.59. The molecule has 1 heterocycles. The van der Waals surface area contributed by atoms with Crippen LogP contribution in [-0.2, 0) is 4.74 Å². The van der Waals surface area contributed by atoms with E-state index in [0.717, 1.165) is 26.1 Å². The predicted octanol–water partition coefficient (Wildman–Crippen LogP) is 0.836. The largest absolute Gasteiger partial charge is 0.383 e. The summed E-state index contributed by atoms with van der Waals surface area (Å²) in [6.45, 7) is 3.96. The van der Waals surface area contributed by atoms with Gasteiger partial charge in [0.05, 0.1) is 6.61 Å². The summed E-state index contributed by atoms with van der Waals surface area (Å²) in [5, 5.41) is 0. The van der Waals surface area contributed by atoms with Crippen LogP contribution in [0.5, 0.6) is 0 Å². The molecule has 3 nitrogen and oxygen atoms in total. The third-order valence-corrected chi connectivity index (χ3v) is 2.83. The van der Waals surface area contributed by atoms with Crippen molar-refractivity contribution in [3.63, 3.8) is 0 Å². The van der Waals surface area contributed by atoms with Crippen molar-refractivity contribution in [2.24, 2.45) is 5.73 Å². The zero-order valence-corrected chi connectivity index (χ0v) is 8.67. The second-order valence-electron chi connectivity index (χ2n) is 3.76. The number of likely N-dealkylation sites (tertiary alicyclic amines) is 1. The Balaban J connectivity index is 2.28. The van der Waals surface area contributed by atoms with Crippen molar-refractivity contribution in [2.45, 2.75) is 31.7 Å². The number of methoxy groups -OCH3 is 1. The lowest BCUT2D eigenvalue weighted by Gasteiger charge is -2.35. The molecule has 0 saturated carbocycles. The van der Waals surface area contributed by atoms with Crippen LogP contribution in [0.3, 0.4) is 0 Å². The smallest absolute Gasteiger partial charge is 0.0589 e. The van der Waals surface area contributed by atoms with Crippen LogP contribution in [0.2, 0.25) is 0 Å². The van der Waals surface area contributed by atoms with Gasteiger partial charge in [0, 0.05) is 19.7 Å². The Kier molecular flexibility index (Phi) is 5.35. The molecule has 0 aromatic rings. The third-order valence-electron chi connectivity index (χ3n) is 2.83. The second kappa shape index (κ2) is 6.35. The minimum absolute atomic E-state index is 0.717. The van der Waals surface area contributed by atoms with Gasteiger partial charge in [-0.3, -0.25) is 4.90 Å². The average molecular weight is 186 g/mol. The van der Waals surface area contributed by atoms with E-state index >= 15 is 0 Å². The van der Waals surface area contributed by atoms with Crippen molar-refractivity contribution in [2.75, 3.05) is 33.4 Å². The van der Waals surface area contributed by atoms with E-state index < -0.39 is 0 Å². The minimum atomic E-state index is 0.717. The van der Waals surface area contributed by atoms with Crippen LogP contribution in [0.4, 0.5) is 0 Å². The fraction of sp³-hybridized carbons (Fsp3) is 1.00. The van der Waals surface area contributed by atoms with Crippen LogP contribution < -0.4 is 5.73 Å². The Morgan fingerprint density at radius 1 is 1.46 bits per heavy atom. The summed E-state index contributed by atoms with van der Waals surface area (Å²) in [4.78, 5) is 2.53. The minimum Gasteiger partial charge on any atom is -0.383 e.